The number of anilines is 4. The Labute approximate surface area is 208 Å². The monoisotopic (exact) mass is 523 g/mol. The van der Waals surface area contributed by atoms with Crippen LogP contribution in [-0.4, -0.2) is 42.7 Å². The van der Waals surface area contributed by atoms with Crippen molar-refractivity contribution in [3.63, 3.8) is 0 Å². The van der Waals surface area contributed by atoms with Crippen molar-refractivity contribution in [3.8, 4) is 0 Å². The molecule has 3 rings (SSSR count). The zero-order valence-electron chi connectivity index (χ0n) is 20.3. The SMILES string of the molecule is CC(C)NCc1ccc(Nc2ncc(C(F)(F)F)c(NCc3cccnc3N(C)S(C)(=O)=O)n2)cc1. The van der Waals surface area contributed by atoms with Crippen LogP contribution in [0.3, 0.4) is 0 Å². The summed E-state index contributed by atoms with van der Waals surface area (Å²) < 4.78 is 65.7. The van der Waals surface area contributed by atoms with Crippen LogP contribution in [0.4, 0.5) is 36.4 Å². The number of sulfonamides is 1. The molecule has 36 heavy (non-hydrogen) atoms. The van der Waals surface area contributed by atoms with Crippen molar-refractivity contribution in [2.45, 2.75) is 39.2 Å². The molecular weight excluding hydrogens is 495 g/mol. The summed E-state index contributed by atoms with van der Waals surface area (Å²) in [5.74, 6) is -0.381. The fourth-order valence-corrected chi connectivity index (χ4v) is 3.61. The van der Waals surface area contributed by atoms with Gasteiger partial charge in [-0.15, -0.1) is 0 Å². The van der Waals surface area contributed by atoms with Gasteiger partial charge in [0, 0.05) is 49.8 Å². The highest BCUT2D eigenvalue weighted by Crippen LogP contribution is 2.34. The summed E-state index contributed by atoms with van der Waals surface area (Å²) in [5.41, 5.74) is 0.983. The fraction of sp³-hybridized carbons (Fsp3) is 0.348. The van der Waals surface area contributed by atoms with Crippen LogP contribution < -0.4 is 20.3 Å². The Bertz CT molecular complexity index is 1280. The van der Waals surface area contributed by atoms with Gasteiger partial charge in [0.25, 0.3) is 0 Å². The van der Waals surface area contributed by atoms with E-state index in [0.717, 1.165) is 16.1 Å². The molecule has 13 heteroatoms. The smallest absolute Gasteiger partial charge is 0.365 e. The van der Waals surface area contributed by atoms with Crippen LogP contribution in [-0.2, 0) is 29.3 Å². The summed E-state index contributed by atoms with van der Waals surface area (Å²) in [6, 6.07) is 10.8. The maximum Gasteiger partial charge on any atom is 0.421 e. The van der Waals surface area contributed by atoms with Gasteiger partial charge < -0.3 is 16.0 Å². The molecule has 1 aromatic carbocycles. The average Bonchev–Trinajstić information content (AvgIpc) is 2.81. The van der Waals surface area contributed by atoms with E-state index in [9.17, 15) is 21.6 Å². The van der Waals surface area contributed by atoms with Crippen molar-refractivity contribution in [3.05, 3.63) is 65.5 Å². The highest BCUT2D eigenvalue weighted by Gasteiger charge is 2.35. The Morgan fingerprint density at radius 1 is 1.06 bits per heavy atom. The molecule has 0 radical (unpaired) electrons. The van der Waals surface area contributed by atoms with Crippen molar-refractivity contribution in [1.82, 2.24) is 20.3 Å². The van der Waals surface area contributed by atoms with Crippen LogP contribution in [0.15, 0.2) is 48.8 Å². The number of hydrogen-bond acceptors (Lipinski definition) is 8. The van der Waals surface area contributed by atoms with E-state index in [1.54, 1.807) is 24.3 Å². The Morgan fingerprint density at radius 2 is 1.75 bits per heavy atom. The number of hydrogen-bond donors (Lipinski definition) is 3. The van der Waals surface area contributed by atoms with Gasteiger partial charge in [0.2, 0.25) is 16.0 Å². The van der Waals surface area contributed by atoms with Crippen LogP contribution in [0.5, 0.6) is 0 Å². The Kier molecular flexibility index (Phi) is 8.35. The Morgan fingerprint density at radius 3 is 2.36 bits per heavy atom. The number of aromatic nitrogens is 3. The first kappa shape index (κ1) is 27.1. The first-order chi connectivity index (χ1) is 16.8. The zero-order chi connectivity index (χ0) is 26.5. The second-order valence-corrected chi connectivity index (χ2v) is 10.4. The number of rotatable bonds is 10. The van der Waals surface area contributed by atoms with Gasteiger partial charge in [-0.2, -0.15) is 18.2 Å². The minimum Gasteiger partial charge on any atom is -0.365 e. The largest absolute Gasteiger partial charge is 0.421 e. The summed E-state index contributed by atoms with van der Waals surface area (Å²) >= 11 is 0. The number of nitrogens with one attached hydrogen (secondary N) is 3. The first-order valence-corrected chi connectivity index (χ1v) is 12.8. The summed E-state index contributed by atoms with van der Waals surface area (Å²) in [4.78, 5) is 11.9. The zero-order valence-corrected chi connectivity index (χ0v) is 21.1. The Hall–Kier alpha value is -3.45. The van der Waals surface area contributed by atoms with Gasteiger partial charge in [-0.25, -0.2) is 18.4 Å². The highest BCUT2D eigenvalue weighted by atomic mass is 32.2. The summed E-state index contributed by atoms with van der Waals surface area (Å²) in [6.07, 6.45) is -1.59. The number of halogens is 3. The molecule has 194 valence electrons. The van der Waals surface area contributed by atoms with Crippen molar-refractivity contribution in [1.29, 1.82) is 0 Å². The van der Waals surface area contributed by atoms with E-state index in [4.69, 9.17) is 0 Å². The van der Waals surface area contributed by atoms with Gasteiger partial charge in [0.15, 0.2) is 0 Å². The molecule has 0 amide bonds. The molecule has 0 atom stereocenters. The number of pyridine rings is 1. The molecule has 0 aliphatic rings. The molecule has 0 aliphatic carbocycles. The van der Waals surface area contributed by atoms with Crippen molar-refractivity contribution >= 4 is 33.3 Å². The third-order valence-electron chi connectivity index (χ3n) is 5.13. The van der Waals surface area contributed by atoms with Gasteiger partial charge in [-0.05, 0) is 23.8 Å². The maximum atomic E-state index is 13.6. The lowest BCUT2D eigenvalue weighted by Crippen LogP contribution is -2.27. The van der Waals surface area contributed by atoms with E-state index >= 15 is 0 Å². The van der Waals surface area contributed by atoms with Crippen molar-refractivity contribution < 1.29 is 21.6 Å². The maximum absolute atomic E-state index is 13.6. The summed E-state index contributed by atoms with van der Waals surface area (Å²) in [6.45, 7) is 4.62. The Balaban J connectivity index is 1.83. The minimum absolute atomic E-state index is 0.0294. The minimum atomic E-state index is -4.70. The molecule has 3 aromatic rings. The highest BCUT2D eigenvalue weighted by molar-refractivity contribution is 7.92. The quantitative estimate of drug-likeness (QED) is 0.364. The summed E-state index contributed by atoms with van der Waals surface area (Å²) in [5, 5.41) is 8.88. The molecule has 0 saturated carbocycles. The third kappa shape index (κ3) is 7.28. The van der Waals surface area contributed by atoms with Crippen molar-refractivity contribution in [2.24, 2.45) is 0 Å². The predicted molar refractivity (Wildman–Crippen MR) is 134 cm³/mol. The second-order valence-electron chi connectivity index (χ2n) is 8.38. The van der Waals surface area contributed by atoms with E-state index in [2.05, 4.69) is 30.9 Å². The van der Waals surface area contributed by atoms with Gasteiger partial charge >= 0.3 is 6.18 Å². The lowest BCUT2D eigenvalue weighted by atomic mass is 10.2. The molecule has 2 heterocycles. The molecule has 3 N–H and O–H groups in total. The van der Waals surface area contributed by atoms with Crippen LogP contribution in [0, 0.1) is 0 Å². The van der Waals surface area contributed by atoms with E-state index < -0.39 is 27.6 Å². The molecule has 0 spiro atoms. The van der Waals surface area contributed by atoms with E-state index in [-0.39, 0.29) is 18.3 Å². The van der Waals surface area contributed by atoms with Crippen LogP contribution in [0.25, 0.3) is 0 Å². The molecule has 9 nitrogen and oxygen atoms in total. The first-order valence-electron chi connectivity index (χ1n) is 11.0. The lowest BCUT2D eigenvalue weighted by Gasteiger charge is -2.20. The topological polar surface area (TPSA) is 112 Å². The molecule has 0 unspecified atom stereocenters. The van der Waals surface area contributed by atoms with E-state index in [0.29, 0.717) is 30.0 Å². The predicted octanol–water partition coefficient (Wildman–Crippen LogP) is 4.14. The van der Waals surface area contributed by atoms with E-state index in [1.807, 2.05) is 26.0 Å². The lowest BCUT2D eigenvalue weighted by molar-refractivity contribution is -0.137. The fourth-order valence-electron chi connectivity index (χ4n) is 3.13. The van der Waals surface area contributed by atoms with E-state index in [1.165, 1.54) is 13.2 Å². The normalized spacial score (nSPS) is 12.0. The van der Waals surface area contributed by atoms with Crippen LogP contribution in [0.1, 0.15) is 30.5 Å². The van der Waals surface area contributed by atoms with Crippen molar-refractivity contribution in [2.75, 3.05) is 28.2 Å². The molecule has 0 aliphatic heterocycles. The van der Waals surface area contributed by atoms with Gasteiger partial charge in [0.05, 0.1) is 6.26 Å². The summed E-state index contributed by atoms with van der Waals surface area (Å²) in [7, 11) is -2.30. The van der Waals surface area contributed by atoms with Gasteiger partial charge in [-0.1, -0.05) is 32.0 Å². The number of alkyl halides is 3. The molecule has 0 fully saturated rings. The third-order valence-corrected chi connectivity index (χ3v) is 6.30. The standard InChI is InChI=1S/C23H28F3N7O2S/c1-15(2)28-12-16-7-9-18(10-8-16)31-22-30-14-19(23(24,25)26)20(32-22)29-13-17-6-5-11-27-21(17)33(3)36(4,34)35/h5-11,14-15,28H,12-13H2,1-4H3,(H2,29,30,31,32). The number of nitrogens with zero attached hydrogens (tertiary/aromatic N) is 4. The second kappa shape index (κ2) is 11.1. The molecular formula is C23H28F3N7O2S. The van der Waals surface area contributed by atoms with Crippen LogP contribution >= 0.6 is 0 Å². The van der Waals surface area contributed by atoms with Crippen LogP contribution in [0.2, 0.25) is 0 Å². The molecule has 2 aromatic heterocycles. The van der Waals surface area contributed by atoms with Gasteiger partial charge in [-0.3, -0.25) is 4.31 Å². The average molecular weight is 524 g/mol. The molecule has 0 saturated heterocycles. The van der Waals surface area contributed by atoms with Gasteiger partial charge in [0.1, 0.15) is 17.2 Å². The molecule has 0 bridgehead atoms. The number of benzene rings is 1.